The van der Waals surface area contributed by atoms with E-state index in [0.717, 1.165) is 0 Å². The quantitative estimate of drug-likeness (QED) is 0.354. The Hall–Kier alpha value is -0.850. The van der Waals surface area contributed by atoms with Gasteiger partial charge in [0.1, 0.15) is 5.60 Å². The molecule has 0 fully saturated rings. The molecule has 0 aromatic carbocycles. The third kappa shape index (κ3) is 11.1. The van der Waals surface area contributed by atoms with Crippen LogP contribution in [0.4, 0.5) is 4.79 Å². The molecule has 0 aliphatic heterocycles. The van der Waals surface area contributed by atoms with Crippen LogP contribution in [0.1, 0.15) is 27.7 Å². The lowest BCUT2D eigenvalue weighted by atomic mass is 10.2. The van der Waals surface area contributed by atoms with Gasteiger partial charge in [0.15, 0.2) is 6.29 Å². The van der Waals surface area contributed by atoms with Gasteiger partial charge < -0.3 is 14.6 Å². The third-order valence-electron chi connectivity index (χ3n) is 1.18. The molecule has 0 spiro atoms. The van der Waals surface area contributed by atoms with E-state index in [-0.39, 0.29) is 0 Å². The van der Waals surface area contributed by atoms with Crippen LogP contribution in [-0.4, -0.2) is 36.2 Å². The molecule has 6 heteroatoms. The number of hydrogen-bond acceptors (Lipinski definition) is 5. The van der Waals surface area contributed by atoms with E-state index in [9.17, 15) is 4.79 Å². The molecule has 90 valence electrons. The van der Waals surface area contributed by atoms with Crippen molar-refractivity contribution in [1.29, 1.82) is 0 Å². The molecule has 0 aromatic rings. The lowest BCUT2D eigenvalue weighted by Gasteiger charge is -2.19. The Morgan fingerprint density at radius 1 is 1.47 bits per heavy atom. The number of carbonyl (C=O) groups excluding carboxylic acids is 1. The summed E-state index contributed by atoms with van der Waals surface area (Å²) in [4.78, 5) is 11.1. The highest BCUT2D eigenvalue weighted by Crippen LogP contribution is 2.05. The molecule has 1 unspecified atom stereocenters. The lowest BCUT2D eigenvalue weighted by Crippen LogP contribution is -2.42. The molecule has 15 heavy (non-hydrogen) atoms. The Balaban J connectivity index is 3.40. The minimum Gasteiger partial charge on any atom is -0.443 e. The number of ether oxygens (including phenoxy) is 2. The molecule has 0 rings (SSSR count). The van der Waals surface area contributed by atoms with Crippen LogP contribution in [0.15, 0.2) is 0 Å². The zero-order valence-corrected chi connectivity index (χ0v) is 9.66. The smallest absolute Gasteiger partial charge is 0.422 e. The first-order valence-corrected chi connectivity index (χ1v) is 4.83. The fourth-order valence-corrected chi connectivity index (χ4v) is 0.719. The standard InChI is InChI=1S/C9H20N2O4/c1-7(12)14-6-5-10-11-8(13)15-9(2,3)4/h7,10,12H,5-6H2,1-4H3,(H,11,13). The number of hydrogen-bond donors (Lipinski definition) is 3. The van der Waals surface area contributed by atoms with E-state index in [1.165, 1.54) is 6.92 Å². The number of amides is 1. The zero-order valence-electron chi connectivity index (χ0n) is 9.66. The number of hydrazine groups is 1. The van der Waals surface area contributed by atoms with Gasteiger partial charge >= 0.3 is 6.09 Å². The van der Waals surface area contributed by atoms with Gasteiger partial charge in [-0.3, -0.25) is 5.43 Å². The molecule has 0 saturated heterocycles. The molecule has 1 amide bonds. The normalized spacial score (nSPS) is 13.4. The molecule has 0 radical (unpaired) electrons. The summed E-state index contributed by atoms with van der Waals surface area (Å²) in [7, 11) is 0. The number of aliphatic hydroxyl groups excluding tert-OH is 1. The summed E-state index contributed by atoms with van der Waals surface area (Å²) in [5, 5.41) is 8.75. The molecule has 0 heterocycles. The van der Waals surface area contributed by atoms with Crippen molar-refractivity contribution in [2.45, 2.75) is 39.6 Å². The van der Waals surface area contributed by atoms with Gasteiger partial charge in [0, 0.05) is 6.54 Å². The van der Waals surface area contributed by atoms with E-state index in [1.807, 2.05) is 0 Å². The summed E-state index contributed by atoms with van der Waals surface area (Å²) in [5.41, 5.74) is 4.43. The van der Waals surface area contributed by atoms with E-state index < -0.39 is 18.0 Å². The van der Waals surface area contributed by atoms with E-state index in [0.29, 0.717) is 13.2 Å². The van der Waals surface area contributed by atoms with Crippen molar-refractivity contribution in [3.8, 4) is 0 Å². The second-order valence-electron chi connectivity index (χ2n) is 4.02. The SMILES string of the molecule is CC(O)OCCNNC(=O)OC(C)(C)C. The van der Waals surface area contributed by atoms with Crippen LogP contribution in [0.25, 0.3) is 0 Å². The van der Waals surface area contributed by atoms with Crippen LogP contribution in [0.5, 0.6) is 0 Å². The van der Waals surface area contributed by atoms with Crippen LogP contribution in [0.2, 0.25) is 0 Å². The van der Waals surface area contributed by atoms with Crippen LogP contribution in [0.3, 0.4) is 0 Å². The summed E-state index contributed by atoms with van der Waals surface area (Å²) in [5.74, 6) is 0. The monoisotopic (exact) mass is 220 g/mol. The molecule has 3 N–H and O–H groups in total. The minimum atomic E-state index is -0.798. The van der Waals surface area contributed by atoms with Gasteiger partial charge in [0.25, 0.3) is 0 Å². The topological polar surface area (TPSA) is 79.8 Å². The summed E-state index contributed by atoms with van der Waals surface area (Å²) in [6.07, 6.45) is -1.34. The minimum absolute atomic E-state index is 0.299. The van der Waals surface area contributed by atoms with E-state index in [1.54, 1.807) is 20.8 Å². The molecule has 0 saturated carbocycles. The highest BCUT2D eigenvalue weighted by Gasteiger charge is 2.15. The molecule has 0 aliphatic rings. The molecule has 6 nitrogen and oxygen atoms in total. The Kier molecular flexibility index (Phi) is 6.23. The largest absolute Gasteiger partial charge is 0.443 e. The predicted octanol–water partition coefficient (Wildman–Crippen LogP) is 0.371. The van der Waals surface area contributed by atoms with Crippen molar-refractivity contribution in [2.24, 2.45) is 0 Å². The van der Waals surface area contributed by atoms with Crippen LogP contribution in [-0.2, 0) is 9.47 Å². The molecule has 0 aromatic heterocycles. The molecular weight excluding hydrogens is 200 g/mol. The first kappa shape index (κ1) is 14.2. The van der Waals surface area contributed by atoms with E-state index >= 15 is 0 Å². The number of aliphatic hydroxyl groups is 1. The Bertz CT molecular complexity index is 189. The van der Waals surface area contributed by atoms with Crippen molar-refractivity contribution in [3.63, 3.8) is 0 Å². The van der Waals surface area contributed by atoms with Crippen molar-refractivity contribution >= 4 is 6.09 Å². The van der Waals surface area contributed by atoms with Crippen molar-refractivity contribution in [2.75, 3.05) is 13.2 Å². The highest BCUT2D eigenvalue weighted by molar-refractivity contribution is 5.66. The highest BCUT2D eigenvalue weighted by atomic mass is 16.6. The van der Waals surface area contributed by atoms with Gasteiger partial charge in [-0.05, 0) is 27.7 Å². The maximum absolute atomic E-state index is 11.1. The summed E-state index contributed by atoms with van der Waals surface area (Å²) in [6.45, 7) is 7.55. The van der Waals surface area contributed by atoms with Crippen LogP contribution >= 0.6 is 0 Å². The molecular formula is C9H20N2O4. The Morgan fingerprint density at radius 3 is 2.53 bits per heavy atom. The van der Waals surface area contributed by atoms with Gasteiger partial charge in [-0.2, -0.15) is 0 Å². The van der Waals surface area contributed by atoms with Crippen molar-refractivity contribution in [1.82, 2.24) is 10.9 Å². The fraction of sp³-hybridized carbons (Fsp3) is 0.889. The maximum atomic E-state index is 11.1. The molecule has 0 aliphatic carbocycles. The van der Waals surface area contributed by atoms with Gasteiger partial charge in [0.2, 0.25) is 0 Å². The third-order valence-corrected chi connectivity index (χ3v) is 1.18. The Morgan fingerprint density at radius 2 is 2.07 bits per heavy atom. The fourth-order valence-electron chi connectivity index (χ4n) is 0.719. The zero-order chi connectivity index (χ0) is 11.9. The predicted molar refractivity (Wildman–Crippen MR) is 55.0 cm³/mol. The summed E-state index contributed by atoms with van der Waals surface area (Å²) < 4.78 is 9.79. The van der Waals surface area contributed by atoms with Gasteiger partial charge in [0.05, 0.1) is 6.61 Å². The van der Waals surface area contributed by atoms with Gasteiger partial charge in [-0.15, -0.1) is 0 Å². The van der Waals surface area contributed by atoms with Gasteiger partial charge in [-0.1, -0.05) is 0 Å². The first-order valence-electron chi connectivity index (χ1n) is 4.83. The molecule has 0 bridgehead atoms. The van der Waals surface area contributed by atoms with E-state index in [2.05, 4.69) is 10.9 Å². The Labute approximate surface area is 89.9 Å². The number of rotatable bonds is 5. The van der Waals surface area contributed by atoms with Crippen molar-refractivity contribution in [3.05, 3.63) is 0 Å². The summed E-state index contributed by atoms with van der Waals surface area (Å²) in [6, 6.07) is 0. The van der Waals surface area contributed by atoms with Gasteiger partial charge in [-0.25, -0.2) is 10.2 Å². The number of carbonyl (C=O) groups is 1. The molecule has 1 atom stereocenters. The summed E-state index contributed by atoms with van der Waals surface area (Å²) >= 11 is 0. The number of nitrogens with one attached hydrogen (secondary N) is 2. The average molecular weight is 220 g/mol. The van der Waals surface area contributed by atoms with Crippen molar-refractivity contribution < 1.29 is 19.4 Å². The van der Waals surface area contributed by atoms with Crippen LogP contribution in [0, 0.1) is 0 Å². The first-order chi connectivity index (χ1) is 6.81. The van der Waals surface area contributed by atoms with E-state index in [4.69, 9.17) is 14.6 Å². The average Bonchev–Trinajstić information content (AvgIpc) is 1.99. The second kappa shape index (κ2) is 6.60. The maximum Gasteiger partial charge on any atom is 0.422 e. The lowest BCUT2D eigenvalue weighted by molar-refractivity contribution is -0.0838. The second-order valence-corrected chi connectivity index (χ2v) is 4.02. The van der Waals surface area contributed by atoms with Crippen LogP contribution < -0.4 is 10.9 Å².